The molecule has 1 aromatic heterocycles. The molecule has 0 fully saturated rings. The highest BCUT2D eigenvalue weighted by Crippen LogP contribution is 2.28. The Balaban J connectivity index is 2.25. The van der Waals surface area contributed by atoms with Crippen molar-refractivity contribution in [3.63, 3.8) is 0 Å². The molecule has 0 unspecified atom stereocenters. The van der Waals surface area contributed by atoms with E-state index in [0.717, 1.165) is 11.5 Å². The number of hydrogen-bond donors (Lipinski definition) is 0. The van der Waals surface area contributed by atoms with Crippen molar-refractivity contribution in [2.45, 2.75) is 13.0 Å². The summed E-state index contributed by atoms with van der Waals surface area (Å²) in [4.78, 5) is 1.53. The molecule has 0 bridgehead atoms. The summed E-state index contributed by atoms with van der Waals surface area (Å²) in [5.41, 5.74) is -0.0846. The topological polar surface area (TPSA) is 38.2 Å². The maximum absolute atomic E-state index is 12.8. The quantitative estimate of drug-likeness (QED) is 0.604. The van der Waals surface area contributed by atoms with Gasteiger partial charge in [0, 0.05) is 18.8 Å². The van der Waals surface area contributed by atoms with Gasteiger partial charge in [0.2, 0.25) is 0 Å². The van der Waals surface area contributed by atoms with E-state index in [9.17, 15) is 17.6 Å². The average molecular weight is 351 g/mol. The molecule has 0 amide bonds. The molecule has 2 aromatic rings. The second kappa shape index (κ2) is 6.97. The van der Waals surface area contributed by atoms with E-state index in [0.29, 0.717) is 5.69 Å². The van der Waals surface area contributed by atoms with Gasteiger partial charge in [0.15, 0.2) is 5.69 Å². The number of hydrogen-bond acceptors (Lipinski definition) is 5. The second-order valence-electron chi connectivity index (χ2n) is 4.03. The molecule has 0 saturated heterocycles. The minimum Gasteiger partial charge on any atom is -0.435 e. The number of ether oxygens (including phenoxy) is 1. The molecule has 0 aliphatic carbocycles. The van der Waals surface area contributed by atoms with Gasteiger partial charge < -0.3 is 9.64 Å². The lowest BCUT2D eigenvalue weighted by Gasteiger charge is -2.20. The Morgan fingerprint density at radius 2 is 2.05 bits per heavy atom. The van der Waals surface area contributed by atoms with Crippen LogP contribution in [0.4, 0.5) is 23.2 Å². The smallest absolute Gasteiger partial charge is 0.387 e. The van der Waals surface area contributed by atoms with Crippen molar-refractivity contribution in [1.29, 1.82) is 0 Å². The number of alkyl halides is 4. The summed E-state index contributed by atoms with van der Waals surface area (Å²) >= 11 is 5.90. The van der Waals surface area contributed by atoms with Gasteiger partial charge in [-0.1, -0.05) is 22.8 Å². The lowest BCUT2D eigenvalue weighted by molar-refractivity contribution is -0.0498. The third kappa shape index (κ3) is 3.69. The van der Waals surface area contributed by atoms with Crippen LogP contribution in [-0.2, 0) is 0 Å². The Hall–Kier alpha value is -1.81. The van der Waals surface area contributed by atoms with E-state index in [1.54, 1.807) is 6.07 Å². The van der Waals surface area contributed by atoms with Gasteiger partial charge in [-0.25, -0.2) is 8.78 Å². The van der Waals surface area contributed by atoms with E-state index in [-0.39, 0.29) is 15.6 Å². The number of halogens is 4. The van der Waals surface area contributed by atoms with Gasteiger partial charge >= 0.3 is 6.61 Å². The van der Waals surface area contributed by atoms with E-state index in [2.05, 4.69) is 14.3 Å². The number of aromatic nitrogens is 2. The summed E-state index contributed by atoms with van der Waals surface area (Å²) in [6.45, 7) is -2.95. The van der Waals surface area contributed by atoms with Crippen LogP contribution in [0.15, 0.2) is 24.3 Å². The zero-order valence-electron chi connectivity index (χ0n) is 11.0. The first-order valence-electron chi connectivity index (χ1n) is 5.83. The summed E-state index contributed by atoms with van der Waals surface area (Å²) in [6.07, 6.45) is -2.80. The number of rotatable bonds is 5. The lowest BCUT2D eigenvalue weighted by Crippen LogP contribution is -2.25. The number of thiocarbonyl (C=S) groups is 1. The molecular weight excluding hydrogens is 342 g/mol. The molecule has 0 aliphatic heterocycles. The predicted molar refractivity (Wildman–Crippen MR) is 78.0 cm³/mol. The molecule has 0 atom stereocenters. The molecule has 2 rings (SSSR count). The SMILES string of the molecule is CN(C(=S)c1snnc1C(F)F)c1cccc(OC(F)F)c1. The van der Waals surface area contributed by atoms with Crippen LogP contribution in [0.3, 0.4) is 0 Å². The maximum Gasteiger partial charge on any atom is 0.387 e. The minimum atomic E-state index is -2.95. The van der Waals surface area contributed by atoms with Crippen LogP contribution >= 0.6 is 23.8 Å². The minimum absolute atomic E-state index is 0.0568. The third-order valence-electron chi connectivity index (χ3n) is 2.65. The summed E-state index contributed by atoms with van der Waals surface area (Å²) in [5, 5.41) is 3.35. The van der Waals surface area contributed by atoms with Crippen molar-refractivity contribution < 1.29 is 22.3 Å². The van der Waals surface area contributed by atoms with Crippen molar-refractivity contribution >= 4 is 34.4 Å². The summed E-state index contributed by atoms with van der Waals surface area (Å²) in [6, 6.07) is 5.76. The number of benzene rings is 1. The van der Waals surface area contributed by atoms with E-state index in [1.807, 2.05) is 0 Å². The Morgan fingerprint density at radius 1 is 1.32 bits per heavy atom. The highest BCUT2D eigenvalue weighted by molar-refractivity contribution is 7.81. The summed E-state index contributed by atoms with van der Waals surface area (Å²) in [7, 11) is 1.53. The predicted octanol–water partition coefficient (Wildman–Crippen LogP) is 3.89. The number of anilines is 1. The second-order valence-corrected chi connectivity index (χ2v) is 5.17. The van der Waals surface area contributed by atoms with Crippen LogP contribution in [0, 0.1) is 0 Å². The molecule has 1 aromatic carbocycles. The lowest BCUT2D eigenvalue weighted by atomic mass is 10.2. The first-order chi connectivity index (χ1) is 10.4. The third-order valence-corrected chi connectivity index (χ3v) is 4.00. The van der Waals surface area contributed by atoms with Gasteiger partial charge in [0.1, 0.15) is 15.6 Å². The summed E-state index contributed by atoms with van der Waals surface area (Å²) in [5.74, 6) is -0.0568. The first-order valence-corrected chi connectivity index (χ1v) is 7.01. The Bertz CT molecular complexity index is 665. The standard InChI is InChI=1S/C12H9F4N3OS2/c1-19(6-3-2-4-7(5-6)20-12(15)16)11(21)9-8(10(13)14)17-18-22-9/h2-5,10,12H,1H3. The molecule has 10 heteroatoms. The van der Waals surface area contributed by atoms with Gasteiger partial charge in [-0.3, -0.25) is 0 Å². The highest BCUT2D eigenvalue weighted by atomic mass is 32.1. The van der Waals surface area contributed by atoms with Gasteiger partial charge in [-0.2, -0.15) is 8.78 Å². The van der Waals surface area contributed by atoms with E-state index in [1.165, 1.54) is 30.1 Å². The zero-order chi connectivity index (χ0) is 16.3. The Labute approximate surface area is 132 Å². The largest absolute Gasteiger partial charge is 0.435 e. The normalized spacial score (nSPS) is 11.0. The van der Waals surface area contributed by atoms with Crippen LogP contribution in [0.25, 0.3) is 0 Å². The number of nitrogens with zero attached hydrogens (tertiary/aromatic N) is 3. The van der Waals surface area contributed by atoms with Crippen LogP contribution in [0.1, 0.15) is 17.0 Å². The fourth-order valence-electron chi connectivity index (χ4n) is 1.63. The van der Waals surface area contributed by atoms with Gasteiger partial charge in [0.05, 0.1) is 0 Å². The van der Waals surface area contributed by atoms with Crippen molar-refractivity contribution in [3.05, 3.63) is 34.8 Å². The molecular formula is C12H9F4N3OS2. The van der Waals surface area contributed by atoms with Gasteiger partial charge in [-0.15, -0.1) is 5.10 Å². The van der Waals surface area contributed by atoms with Crippen LogP contribution in [0.5, 0.6) is 5.75 Å². The van der Waals surface area contributed by atoms with Crippen molar-refractivity contribution in [2.75, 3.05) is 11.9 Å². The van der Waals surface area contributed by atoms with E-state index >= 15 is 0 Å². The monoisotopic (exact) mass is 351 g/mol. The zero-order valence-corrected chi connectivity index (χ0v) is 12.7. The van der Waals surface area contributed by atoms with Crippen LogP contribution in [-0.4, -0.2) is 28.2 Å². The van der Waals surface area contributed by atoms with Crippen molar-refractivity contribution in [1.82, 2.24) is 9.59 Å². The van der Waals surface area contributed by atoms with Gasteiger partial charge in [0.25, 0.3) is 6.43 Å². The molecule has 0 spiro atoms. The molecule has 0 N–H and O–H groups in total. The van der Waals surface area contributed by atoms with Crippen LogP contribution in [0.2, 0.25) is 0 Å². The Morgan fingerprint density at radius 3 is 2.68 bits per heavy atom. The Kier molecular flexibility index (Phi) is 5.24. The molecule has 0 aliphatic rings. The van der Waals surface area contributed by atoms with E-state index < -0.39 is 18.7 Å². The maximum atomic E-state index is 12.8. The molecule has 22 heavy (non-hydrogen) atoms. The van der Waals surface area contributed by atoms with E-state index in [4.69, 9.17) is 12.2 Å². The molecule has 1 heterocycles. The van der Waals surface area contributed by atoms with Gasteiger partial charge in [-0.05, 0) is 23.7 Å². The molecule has 0 radical (unpaired) electrons. The summed E-state index contributed by atoms with van der Waals surface area (Å²) < 4.78 is 57.8. The van der Waals surface area contributed by atoms with Crippen LogP contribution < -0.4 is 9.64 Å². The molecule has 118 valence electrons. The van der Waals surface area contributed by atoms with Crippen molar-refractivity contribution in [2.24, 2.45) is 0 Å². The fraction of sp³-hybridized carbons (Fsp3) is 0.250. The fourth-order valence-corrected chi connectivity index (χ4v) is 2.60. The molecule has 0 saturated carbocycles. The first kappa shape index (κ1) is 16.6. The highest BCUT2D eigenvalue weighted by Gasteiger charge is 2.23. The average Bonchev–Trinajstić information content (AvgIpc) is 2.95. The molecule has 4 nitrogen and oxygen atoms in total. The van der Waals surface area contributed by atoms with Crippen molar-refractivity contribution in [3.8, 4) is 5.75 Å².